The van der Waals surface area contributed by atoms with Crippen LogP contribution in [0.25, 0.3) is 0 Å². The molecule has 0 amide bonds. The third-order valence-electron chi connectivity index (χ3n) is 3.32. The zero-order valence-electron chi connectivity index (χ0n) is 15.2. The second-order valence-electron chi connectivity index (χ2n) is 6.38. The van der Waals surface area contributed by atoms with E-state index in [2.05, 4.69) is 34.0 Å². The van der Waals surface area contributed by atoms with Gasteiger partial charge in [0.25, 0.3) is 0 Å². The van der Waals surface area contributed by atoms with Gasteiger partial charge in [0, 0.05) is 33.9 Å². The minimum Gasteiger partial charge on any atom is -0.370 e. The van der Waals surface area contributed by atoms with Gasteiger partial charge in [-0.1, -0.05) is 19.0 Å². The maximum atomic E-state index is 5.71. The first-order valence-electron chi connectivity index (χ1n) is 8.02. The molecular formula is C16H26N6O2. The van der Waals surface area contributed by atoms with Crippen molar-refractivity contribution in [2.75, 3.05) is 37.5 Å². The summed E-state index contributed by atoms with van der Waals surface area (Å²) < 4.78 is 11.0. The van der Waals surface area contributed by atoms with Crippen LogP contribution < -0.4 is 9.80 Å². The maximum absolute atomic E-state index is 5.71. The van der Waals surface area contributed by atoms with Gasteiger partial charge in [0.15, 0.2) is 5.82 Å². The molecule has 2 aromatic heterocycles. The van der Waals surface area contributed by atoms with Gasteiger partial charge < -0.3 is 19.1 Å². The van der Waals surface area contributed by atoms with E-state index in [4.69, 9.17) is 9.26 Å². The molecule has 0 radical (unpaired) electrons. The van der Waals surface area contributed by atoms with Crippen LogP contribution in [0, 0.1) is 5.92 Å². The van der Waals surface area contributed by atoms with E-state index in [1.165, 1.54) is 0 Å². The average molecular weight is 334 g/mol. The van der Waals surface area contributed by atoms with Crippen LogP contribution in [-0.4, -0.2) is 47.9 Å². The lowest BCUT2D eigenvalue weighted by atomic mass is 10.2. The summed E-state index contributed by atoms with van der Waals surface area (Å²) in [4.78, 5) is 16.9. The topological polar surface area (TPSA) is 80.4 Å². The van der Waals surface area contributed by atoms with Crippen molar-refractivity contribution in [1.29, 1.82) is 0 Å². The molecule has 132 valence electrons. The summed E-state index contributed by atoms with van der Waals surface area (Å²) in [6, 6.07) is 1.85. The number of aromatic nitrogens is 4. The van der Waals surface area contributed by atoms with Crippen LogP contribution in [0.15, 0.2) is 16.8 Å². The van der Waals surface area contributed by atoms with E-state index in [-0.39, 0.29) is 6.10 Å². The lowest BCUT2D eigenvalue weighted by Gasteiger charge is -2.17. The fourth-order valence-electron chi connectivity index (χ4n) is 1.96. The molecule has 0 saturated carbocycles. The molecule has 2 aromatic rings. The van der Waals surface area contributed by atoms with E-state index in [1.54, 1.807) is 6.20 Å². The predicted molar refractivity (Wildman–Crippen MR) is 92.0 cm³/mol. The lowest BCUT2D eigenvalue weighted by molar-refractivity contribution is 0.0402. The lowest BCUT2D eigenvalue weighted by Crippen LogP contribution is -2.20. The number of anilines is 2. The highest BCUT2D eigenvalue weighted by Gasteiger charge is 2.16. The van der Waals surface area contributed by atoms with E-state index in [0.717, 1.165) is 5.82 Å². The van der Waals surface area contributed by atoms with Crippen molar-refractivity contribution in [3.05, 3.63) is 24.0 Å². The van der Waals surface area contributed by atoms with Gasteiger partial charge in [-0.3, -0.25) is 0 Å². The summed E-state index contributed by atoms with van der Waals surface area (Å²) in [5.41, 5.74) is 0. The van der Waals surface area contributed by atoms with Crippen molar-refractivity contribution in [3.8, 4) is 0 Å². The Morgan fingerprint density at radius 1 is 1.17 bits per heavy atom. The molecule has 0 fully saturated rings. The van der Waals surface area contributed by atoms with Crippen molar-refractivity contribution in [2.45, 2.75) is 33.4 Å². The first-order chi connectivity index (χ1) is 11.4. The Balaban J connectivity index is 2.00. The molecular weight excluding hydrogens is 308 g/mol. The van der Waals surface area contributed by atoms with Gasteiger partial charge in [0.05, 0.1) is 6.54 Å². The molecule has 8 nitrogen and oxygen atoms in total. The summed E-state index contributed by atoms with van der Waals surface area (Å²) >= 11 is 0. The first-order valence-corrected chi connectivity index (χ1v) is 8.02. The zero-order chi connectivity index (χ0) is 17.7. The minimum absolute atomic E-state index is 0.186. The molecule has 0 saturated heterocycles. The normalized spacial score (nSPS) is 12.5. The highest BCUT2D eigenvalue weighted by molar-refractivity contribution is 5.42. The van der Waals surface area contributed by atoms with Gasteiger partial charge in [-0.05, 0) is 18.9 Å². The number of ether oxygens (including phenoxy) is 1. The number of hydrogen-bond acceptors (Lipinski definition) is 8. The van der Waals surface area contributed by atoms with Gasteiger partial charge in [0.2, 0.25) is 11.8 Å². The van der Waals surface area contributed by atoms with E-state index in [1.807, 2.05) is 43.9 Å². The molecule has 0 aliphatic heterocycles. The standard InChI is InChI=1S/C16H26N6O2/c1-11(2)10-23-12(3)15-19-14(24-20-15)9-22(6)13-7-8-17-16(18-13)21(4)5/h7-8,11-12H,9-10H2,1-6H3/t12-/m0/s1. The van der Waals surface area contributed by atoms with Gasteiger partial charge in [-0.25, -0.2) is 4.98 Å². The van der Waals surface area contributed by atoms with E-state index >= 15 is 0 Å². The number of rotatable bonds is 8. The molecule has 0 aromatic carbocycles. The fraction of sp³-hybridized carbons (Fsp3) is 0.625. The SMILES string of the molecule is CC(C)CO[C@@H](C)c1noc(CN(C)c2ccnc(N(C)C)n2)n1. The monoisotopic (exact) mass is 334 g/mol. The van der Waals surface area contributed by atoms with Crippen molar-refractivity contribution < 1.29 is 9.26 Å². The van der Waals surface area contributed by atoms with Crippen molar-refractivity contribution >= 4 is 11.8 Å². The van der Waals surface area contributed by atoms with Crippen LogP contribution in [0.4, 0.5) is 11.8 Å². The number of nitrogens with zero attached hydrogens (tertiary/aromatic N) is 6. The second kappa shape index (κ2) is 8.05. The zero-order valence-corrected chi connectivity index (χ0v) is 15.2. The van der Waals surface area contributed by atoms with Crippen LogP contribution in [0.5, 0.6) is 0 Å². The Hall–Kier alpha value is -2.22. The van der Waals surface area contributed by atoms with Crippen LogP contribution in [0.2, 0.25) is 0 Å². The Bertz CT molecular complexity index is 643. The molecule has 0 spiro atoms. The summed E-state index contributed by atoms with van der Waals surface area (Å²) in [5.74, 6) is 3.00. The van der Waals surface area contributed by atoms with Gasteiger partial charge >= 0.3 is 0 Å². The van der Waals surface area contributed by atoms with Crippen LogP contribution in [0.1, 0.15) is 38.6 Å². The summed E-state index contributed by atoms with van der Waals surface area (Å²) in [7, 11) is 5.73. The largest absolute Gasteiger partial charge is 0.370 e. The Labute approximate surface area is 142 Å². The highest BCUT2D eigenvalue weighted by atomic mass is 16.5. The maximum Gasteiger partial charge on any atom is 0.246 e. The van der Waals surface area contributed by atoms with Gasteiger partial charge in [0.1, 0.15) is 11.9 Å². The second-order valence-corrected chi connectivity index (χ2v) is 6.38. The Kier molecular flexibility index (Phi) is 6.08. The minimum atomic E-state index is -0.186. The Morgan fingerprint density at radius 2 is 1.92 bits per heavy atom. The highest BCUT2D eigenvalue weighted by Crippen LogP contribution is 2.17. The summed E-state index contributed by atoms with van der Waals surface area (Å²) in [5, 5.41) is 4.01. The average Bonchev–Trinajstić information content (AvgIpc) is 3.01. The predicted octanol–water partition coefficient (Wildman–Crippen LogP) is 2.30. The fourth-order valence-corrected chi connectivity index (χ4v) is 1.96. The molecule has 24 heavy (non-hydrogen) atoms. The Morgan fingerprint density at radius 3 is 2.58 bits per heavy atom. The van der Waals surface area contributed by atoms with E-state index in [9.17, 15) is 0 Å². The third-order valence-corrected chi connectivity index (χ3v) is 3.32. The summed E-state index contributed by atoms with van der Waals surface area (Å²) in [6.45, 7) is 7.27. The smallest absolute Gasteiger partial charge is 0.246 e. The molecule has 0 aliphatic carbocycles. The summed E-state index contributed by atoms with van der Waals surface area (Å²) in [6.07, 6.45) is 1.55. The van der Waals surface area contributed by atoms with Gasteiger partial charge in [-0.2, -0.15) is 9.97 Å². The van der Waals surface area contributed by atoms with E-state index in [0.29, 0.717) is 36.7 Å². The van der Waals surface area contributed by atoms with Crippen molar-refractivity contribution in [3.63, 3.8) is 0 Å². The van der Waals surface area contributed by atoms with E-state index < -0.39 is 0 Å². The molecule has 8 heteroatoms. The number of hydrogen-bond donors (Lipinski definition) is 0. The van der Waals surface area contributed by atoms with Crippen LogP contribution in [0.3, 0.4) is 0 Å². The molecule has 1 atom stereocenters. The molecule has 2 heterocycles. The first kappa shape index (κ1) is 18.1. The molecule has 2 rings (SSSR count). The third kappa shape index (κ3) is 4.89. The van der Waals surface area contributed by atoms with Crippen molar-refractivity contribution in [2.24, 2.45) is 5.92 Å². The van der Waals surface area contributed by atoms with Crippen LogP contribution in [-0.2, 0) is 11.3 Å². The van der Waals surface area contributed by atoms with Gasteiger partial charge in [-0.15, -0.1) is 0 Å². The van der Waals surface area contributed by atoms with Crippen molar-refractivity contribution in [1.82, 2.24) is 20.1 Å². The molecule has 0 bridgehead atoms. The molecule has 0 aliphatic rings. The van der Waals surface area contributed by atoms with Crippen LogP contribution >= 0.6 is 0 Å². The molecule has 0 N–H and O–H groups in total. The quantitative estimate of drug-likeness (QED) is 0.727. The molecule has 0 unspecified atom stereocenters.